The second-order valence-electron chi connectivity index (χ2n) is 6.39. The number of benzene rings is 1. The van der Waals surface area contributed by atoms with Crippen LogP contribution in [-0.4, -0.2) is 67.5 Å². The number of carbonyl (C=O) groups excluding carboxylic acids is 5. The average Bonchev–Trinajstić information content (AvgIpc) is 2.77. The maximum absolute atomic E-state index is 12.3. The van der Waals surface area contributed by atoms with E-state index in [1.807, 2.05) is 0 Å². The van der Waals surface area contributed by atoms with E-state index in [-0.39, 0.29) is 30.9 Å². The van der Waals surface area contributed by atoms with Crippen LogP contribution in [-0.2, 0) is 43.0 Å². The molecule has 186 valence electrons. The van der Waals surface area contributed by atoms with Gasteiger partial charge < -0.3 is 28.5 Å². The first kappa shape index (κ1) is 27.8. The minimum absolute atomic E-state index is 0.0547. The van der Waals surface area contributed by atoms with Crippen molar-refractivity contribution in [1.29, 1.82) is 0 Å². The minimum atomic E-state index is -1.41. The van der Waals surface area contributed by atoms with E-state index in [1.165, 1.54) is 31.2 Å². The number of unbranched alkanes of at least 4 members (excludes halogenated alkanes) is 1. The molecule has 34 heavy (non-hydrogen) atoms. The standard InChI is InChI=1S/C20H23NO13/c1-13(33-20(26)15-7-3-4-8-16(15)34-14(2)22)19(25)31-12-18(24)30-11-17(23)29-9-5-6-10-32-21(27)28/h3-4,7-8,13H,5-6,9-12H2,1-2H3. The fraction of sp³-hybridized carbons (Fsp3) is 0.450. The zero-order chi connectivity index (χ0) is 25.5. The SMILES string of the molecule is CC(=O)Oc1ccccc1C(=O)OC(C)C(=O)OCC(=O)OCC(=O)OCCCCO[N+](=O)[O-]. The van der Waals surface area contributed by atoms with Crippen molar-refractivity contribution in [2.75, 3.05) is 26.4 Å². The lowest BCUT2D eigenvalue weighted by atomic mass is 10.2. The number of hydrogen-bond donors (Lipinski definition) is 0. The molecule has 0 aliphatic heterocycles. The van der Waals surface area contributed by atoms with E-state index in [9.17, 15) is 34.1 Å². The Morgan fingerprint density at radius 2 is 1.56 bits per heavy atom. The molecule has 0 N–H and O–H groups in total. The molecule has 14 heteroatoms. The number of ether oxygens (including phenoxy) is 5. The number of para-hydroxylation sites is 1. The van der Waals surface area contributed by atoms with Crippen LogP contribution in [0, 0.1) is 10.1 Å². The van der Waals surface area contributed by atoms with Gasteiger partial charge in [0.05, 0.1) is 13.2 Å². The molecule has 0 amide bonds. The van der Waals surface area contributed by atoms with Gasteiger partial charge in [0.25, 0.3) is 5.09 Å². The van der Waals surface area contributed by atoms with Crippen LogP contribution >= 0.6 is 0 Å². The van der Waals surface area contributed by atoms with Crippen LogP contribution in [0.3, 0.4) is 0 Å². The van der Waals surface area contributed by atoms with Gasteiger partial charge in [0.2, 0.25) is 0 Å². The zero-order valence-electron chi connectivity index (χ0n) is 18.4. The third-order valence-corrected chi connectivity index (χ3v) is 3.66. The molecule has 14 nitrogen and oxygen atoms in total. The van der Waals surface area contributed by atoms with Crippen molar-refractivity contribution in [1.82, 2.24) is 0 Å². The van der Waals surface area contributed by atoms with E-state index in [4.69, 9.17) is 14.2 Å². The van der Waals surface area contributed by atoms with Gasteiger partial charge in [0.1, 0.15) is 11.3 Å². The van der Waals surface area contributed by atoms with Crippen molar-refractivity contribution in [2.24, 2.45) is 0 Å². The number of carbonyl (C=O) groups is 5. The van der Waals surface area contributed by atoms with E-state index in [1.54, 1.807) is 0 Å². The molecule has 0 aromatic heterocycles. The van der Waals surface area contributed by atoms with Gasteiger partial charge in [-0.15, -0.1) is 10.1 Å². The van der Waals surface area contributed by atoms with Crippen LogP contribution in [0.4, 0.5) is 0 Å². The summed E-state index contributed by atoms with van der Waals surface area (Å²) in [6.45, 7) is 0.565. The van der Waals surface area contributed by atoms with Gasteiger partial charge in [-0.05, 0) is 31.9 Å². The van der Waals surface area contributed by atoms with Gasteiger partial charge in [0.15, 0.2) is 19.3 Å². The molecule has 0 spiro atoms. The Morgan fingerprint density at radius 3 is 2.24 bits per heavy atom. The van der Waals surface area contributed by atoms with Crippen molar-refractivity contribution in [2.45, 2.75) is 32.8 Å². The summed E-state index contributed by atoms with van der Waals surface area (Å²) in [6, 6.07) is 5.73. The Kier molecular flexibility index (Phi) is 12.1. The molecular formula is C20H23NO13. The van der Waals surface area contributed by atoms with Crippen molar-refractivity contribution in [3.05, 3.63) is 39.9 Å². The van der Waals surface area contributed by atoms with Crippen molar-refractivity contribution in [3.63, 3.8) is 0 Å². The summed E-state index contributed by atoms with van der Waals surface area (Å²) in [6.07, 6.45) is -0.829. The van der Waals surface area contributed by atoms with Crippen LogP contribution in [0.5, 0.6) is 5.75 Å². The second kappa shape index (κ2) is 14.8. The average molecular weight is 485 g/mol. The van der Waals surface area contributed by atoms with E-state index in [0.29, 0.717) is 6.42 Å². The first-order chi connectivity index (χ1) is 16.1. The topological polar surface area (TPSA) is 184 Å². The lowest BCUT2D eigenvalue weighted by Crippen LogP contribution is -2.29. The molecule has 0 radical (unpaired) electrons. The van der Waals surface area contributed by atoms with Crippen LogP contribution in [0.15, 0.2) is 24.3 Å². The third kappa shape index (κ3) is 11.4. The highest BCUT2D eigenvalue weighted by molar-refractivity contribution is 5.95. The Labute approximate surface area is 193 Å². The van der Waals surface area contributed by atoms with Gasteiger partial charge in [-0.2, -0.15) is 0 Å². The smallest absolute Gasteiger partial charge is 0.347 e. The molecule has 0 heterocycles. The van der Waals surface area contributed by atoms with Gasteiger partial charge in [-0.1, -0.05) is 12.1 Å². The molecule has 1 atom stereocenters. The fourth-order valence-corrected chi connectivity index (χ4v) is 2.15. The predicted molar refractivity (Wildman–Crippen MR) is 108 cm³/mol. The Hall–Kier alpha value is -4.23. The lowest BCUT2D eigenvalue weighted by Gasteiger charge is -2.14. The van der Waals surface area contributed by atoms with Crippen molar-refractivity contribution in [3.8, 4) is 5.75 Å². The molecule has 1 aromatic carbocycles. The maximum atomic E-state index is 12.3. The van der Waals surface area contributed by atoms with Crippen molar-refractivity contribution < 1.29 is 57.6 Å². The molecule has 1 rings (SSSR count). The van der Waals surface area contributed by atoms with E-state index < -0.39 is 54.3 Å². The lowest BCUT2D eigenvalue weighted by molar-refractivity contribution is -0.757. The third-order valence-electron chi connectivity index (χ3n) is 3.66. The first-order valence-electron chi connectivity index (χ1n) is 9.83. The summed E-state index contributed by atoms with van der Waals surface area (Å²) >= 11 is 0. The fourth-order valence-electron chi connectivity index (χ4n) is 2.15. The van der Waals surface area contributed by atoms with Crippen LogP contribution in [0.25, 0.3) is 0 Å². The molecule has 0 fully saturated rings. The second-order valence-corrected chi connectivity index (χ2v) is 6.39. The molecule has 0 aliphatic rings. The number of nitrogens with zero attached hydrogens (tertiary/aromatic N) is 1. The van der Waals surface area contributed by atoms with Gasteiger partial charge in [0, 0.05) is 6.92 Å². The molecule has 0 saturated carbocycles. The quantitative estimate of drug-likeness (QED) is 0.0900. The Bertz CT molecular complexity index is 898. The summed E-state index contributed by atoms with van der Waals surface area (Å²) < 4.78 is 23.9. The number of rotatable bonds is 14. The predicted octanol–water partition coefficient (Wildman–Crippen LogP) is 0.775. The van der Waals surface area contributed by atoms with Gasteiger partial charge in [-0.3, -0.25) is 4.79 Å². The highest BCUT2D eigenvalue weighted by Crippen LogP contribution is 2.20. The Balaban J connectivity index is 2.32. The maximum Gasteiger partial charge on any atom is 0.347 e. The summed E-state index contributed by atoms with van der Waals surface area (Å²) in [7, 11) is 0. The highest BCUT2D eigenvalue weighted by Gasteiger charge is 2.24. The highest BCUT2D eigenvalue weighted by atomic mass is 16.9. The monoisotopic (exact) mass is 485 g/mol. The van der Waals surface area contributed by atoms with E-state index in [0.717, 1.165) is 6.92 Å². The normalized spacial score (nSPS) is 10.9. The van der Waals surface area contributed by atoms with Gasteiger partial charge >= 0.3 is 29.8 Å². The van der Waals surface area contributed by atoms with E-state index in [2.05, 4.69) is 14.3 Å². The molecule has 1 aromatic rings. The zero-order valence-corrected chi connectivity index (χ0v) is 18.4. The minimum Gasteiger partial charge on any atom is -0.463 e. The molecule has 0 aliphatic carbocycles. The van der Waals surface area contributed by atoms with Crippen LogP contribution < -0.4 is 4.74 Å². The summed E-state index contributed by atoms with van der Waals surface area (Å²) in [4.78, 5) is 72.4. The first-order valence-corrected chi connectivity index (χ1v) is 9.83. The summed E-state index contributed by atoms with van der Waals surface area (Å²) in [5.41, 5.74) is -0.0967. The van der Waals surface area contributed by atoms with E-state index >= 15 is 0 Å². The number of hydrogen-bond acceptors (Lipinski definition) is 13. The van der Waals surface area contributed by atoms with Gasteiger partial charge in [-0.25, -0.2) is 19.2 Å². The largest absolute Gasteiger partial charge is 0.463 e. The molecule has 0 bridgehead atoms. The van der Waals surface area contributed by atoms with Crippen LogP contribution in [0.2, 0.25) is 0 Å². The van der Waals surface area contributed by atoms with Crippen molar-refractivity contribution >= 4 is 29.8 Å². The molecular weight excluding hydrogens is 462 g/mol. The molecule has 0 saturated heterocycles. The molecule has 1 unspecified atom stereocenters. The van der Waals surface area contributed by atoms with Crippen LogP contribution in [0.1, 0.15) is 37.0 Å². The Morgan fingerprint density at radius 1 is 0.941 bits per heavy atom. The summed E-state index contributed by atoms with van der Waals surface area (Å²) in [5, 5.41) is 9.02. The summed E-state index contributed by atoms with van der Waals surface area (Å²) in [5.74, 6) is -4.66. The number of esters is 5.